The minimum Gasteiger partial charge on any atom is -0.390 e. The second kappa shape index (κ2) is 4.25. The van der Waals surface area contributed by atoms with Crippen LogP contribution in [-0.4, -0.2) is 44.8 Å². The summed E-state index contributed by atoms with van der Waals surface area (Å²) in [7, 11) is 0. The Morgan fingerprint density at radius 2 is 2.38 bits per heavy atom. The molecule has 0 aromatic carbocycles. The van der Waals surface area contributed by atoms with Crippen molar-refractivity contribution >= 4 is 5.91 Å². The predicted octanol–water partition coefficient (Wildman–Crippen LogP) is 0.787. The fourth-order valence-electron chi connectivity index (χ4n) is 2.01. The van der Waals surface area contributed by atoms with Gasteiger partial charge in [-0.25, -0.2) is 0 Å². The van der Waals surface area contributed by atoms with E-state index in [9.17, 15) is 9.90 Å². The molecule has 5 heteroatoms. The number of likely N-dealkylation sites (tertiary alicyclic amines) is 1. The number of hydrogen-bond acceptors (Lipinski definition) is 3. The van der Waals surface area contributed by atoms with Gasteiger partial charge in [0.2, 0.25) is 0 Å². The van der Waals surface area contributed by atoms with Crippen LogP contribution in [0.1, 0.15) is 36.7 Å². The maximum Gasteiger partial charge on any atom is 0.271 e. The average Bonchev–Trinajstić information content (AvgIpc) is 2.69. The van der Waals surface area contributed by atoms with Crippen LogP contribution in [0.2, 0.25) is 0 Å². The van der Waals surface area contributed by atoms with Crippen LogP contribution in [0.4, 0.5) is 0 Å². The van der Waals surface area contributed by atoms with Crippen LogP contribution in [0.5, 0.6) is 0 Å². The van der Waals surface area contributed by atoms with Crippen molar-refractivity contribution in [2.45, 2.75) is 31.8 Å². The lowest BCUT2D eigenvalue weighted by Crippen LogP contribution is -2.33. The molecule has 2 rings (SSSR count). The summed E-state index contributed by atoms with van der Waals surface area (Å²) in [6.07, 6.45) is 3.79. The molecule has 1 atom stereocenters. The maximum atomic E-state index is 12.0. The number of carbonyl (C=O) groups excluding carboxylic acids is 1. The molecule has 1 fully saturated rings. The van der Waals surface area contributed by atoms with Crippen molar-refractivity contribution in [3.05, 3.63) is 18.0 Å². The van der Waals surface area contributed by atoms with E-state index < -0.39 is 5.60 Å². The third-order valence-corrected chi connectivity index (χ3v) is 3.08. The monoisotopic (exact) mass is 223 g/mol. The molecule has 2 N–H and O–H groups in total. The summed E-state index contributed by atoms with van der Waals surface area (Å²) in [5, 5.41) is 16.4. The van der Waals surface area contributed by atoms with E-state index >= 15 is 0 Å². The summed E-state index contributed by atoms with van der Waals surface area (Å²) in [4.78, 5) is 13.8. The molecule has 2 heterocycles. The summed E-state index contributed by atoms with van der Waals surface area (Å²) in [6, 6.07) is 1.67. The van der Waals surface area contributed by atoms with Gasteiger partial charge in [-0.15, -0.1) is 0 Å². The Morgan fingerprint density at radius 1 is 1.56 bits per heavy atom. The minimum atomic E-state index is -0.636. The van der Waals surface area contributed by atoms with Crippen LogP contribution in [0.15, 0.2) is 12.3 Å². The molecule has 0 saturated carbocycles. The molecule has 1 aliphatic heterocycles. The first-order chi connectivity index (χ1) is 7.58. The molecule has 1 amide bonds. The quantitative estimate of drug-likeness (QED) is 0.739. The van der Waals surface area contributed by atoms with Gasteiger partial charge in [0.05, 0.1) is 5.60 Å². The number of nitrogens with zero attached hydrogens (tertiary/aromatic N) is 2. The molecule has 88 valence electrons. The van der Waals surface area contributed by atoms with E-state index in [1.54, 1.807) is 17.2 Å². The molecule has 1 aromatic rings. The van der Waals surface area contributed by atoms with Crippen LogP contribution >= 0.6 is 0 Å². The van der Waals surface area contributed by atoms with Crippen LogP contribution < -0.4 is 0 Å². The molecule has 0 radical (unpaired) electrons. The van der Waals surface area contributed by atoms with Crippen molar-refractivity contribution in [2.75, 3.05) is 13.1 Å². The van der Waals surface area contributed by atoms with Gasteiger partial charge in [-0.3, -0.25) is 9.89 Å². The first-order valence-electron chi connectivity index (χ1n) is 5.59. The maximum absolute atomic E-state index is 12.0. The SMILES string of the molecule is CC1(O)CCCN(C(=O)c2ccn[nH]2)CC1. The average molecular weight is 223 g/mol. The number of H-pyrrole nitrogens is 1. The third kappa shape index (κ3) is 2.41. The first-order valence-corrected chi connectivity index (χ1v) is 5.59. The van der Waals surface area contributed by atoms with Gasteiger partial charge in [0.25, 0.3) is 5.91 Å². The van der Waals surface area contributed by atoms with Crippen molar-refractivity contribution < 1.29 is 9.90 Å². The number of aromatic nitrogens is 2. The Hall–Kier alpha value is -1.36. The topological polar surface area (TPSA) is 69.2 Å². The molecule has 16 heavy (non-hydrogen) atoms. The lowest BCUT2D eigenvalue weighted by molar-refractivity contribution is 0.0437. The molecule has 1 aliphatic rings. The summed E-state index contributed by atoms with van der Waals surface area (Å²) in [6.45, 7) is 3.13. The molecule has 0 aliphatic carbocycles. The van der Waals surface area contributed by atoms with E-state index in [2.05, 4.69) is 10.2 Å². The fraction of sp³-hybridized carbons (Fsp3) is 0.636. The van der Waals surface area contributed by atoms with Gasteiger partial charge in [0.1, 0.15) is 5.69 Å². The second-order valence-corrected chi connectivity index (χ2v) is 4.61. The number of nitrogens with one attached hydrogen (secondary N) is 1. The number of aliphatic hydroxyl groups is 1. The molecule has 5 nitrogen and oxygen atoms in total. The predicted molar refractivity (Wildman–Crippen MR) is 59.0 cm³/mol. The summed E-state index contributed by atoms with van der Waals surface area (Å²) in [5.41, 5.74) is -0.121. The smallest absolute Gasteiger partial charge is 0.271 e. The number of hydrogen-bond donors (Lipinski definition) is 2. The van der Waals surface area contributed by atoms with E-state index in [-0.39, 0.29) is 5.91 Å². The van der Waals surface area contributed by atoms with Crippen LogP contribution in [0.25, 0.3) is 0 Å². The fourth-order valence-corrected chi connectivity index (χ4v) is 2.01. The van der Waals surface area contributed by atoms with Gasteiger partial charge in [-0.2, -0.15) is 5.10 Å². The van der Waals surface area contributed by atoms with Gasteiger partial charge < -0.3 is 10.0 Å². The van der Waals surface area contributed by atoms with E-state index in [0.29, 0.717) is 25.2 Å². The second-order valence-electron chi connectivity index (χ2n) is 4.61. The molecule has 1 aromatic heterocycles. The Morgan fingerprint density at radius 3 is 3.06 bits per heavy atom. The van der Waals surface area contributed by atoms with Crippen LogP contribution in [0.3, 0.4) is 0 Å². The van der Waals surface area contributed by atoms with Crippen molar-refractivity contribution in [1.82, 2.24) is 15.1 Å². The largest absolute Gasteiger partial charge is 0.390 e. The van der Waals surface area contributed by atoms with Crippen LogP contribution in [-0.2, 0) is 0 Å². The first kappa shape index (κ1) is 11.1. The molecule has 0 spiro atoms. The number of carbonyl (C=O) groups is 1. The summed E-state index contributed by atoms with van der Waals surface area (Å²) in [5.74, 6) is -0.0322. The lowest BCUT2D eigenvalue weighted by atomic mass is 9.98. The Bertz CT molecular complexity index is 359. The Balaban J connectivity index is 2.03. The molecule has 1 unspecified atom stereocenters. The van der Waals surface area contributed by atoms with Crippen molar-refractivity contribution in [2.24, 2.45) is 0 Å². The van der Waals surface area contributed by atoms with E-state index in [4.69, 9.17) is 0 Å². The lowest BCUT2D eigenvalue weighted by Gasteiger charge is -2.22. The summed E-state index contributed by atoms with van der Waals surface area (Å²) >= 11 is 0. The van der Waals surface area contributed by atoms with Gasteiger partial charge in [0, 0.05) is 19.3 Å². The highest BCUT2D eigenvalue weighted by molar-refractivity contribution is 5.92. The molecule has 0 bridgehead atoms. The highest BCUT2D eigenvalue weighted by atomic mass is 16.3. The Kier molecular flexibility index (Phi) is 2.96. The zero-order valence-electron chi connectivity index (χ0n) is 9.44. The van der Waals surface area contributed by atoms with Gasteiger partial charge in [0.15, 0.2) is 0 Å². The minimum absolute atomic E-state index is 0.0322. The molecule has 1 saturated heterocycles. The standard InChI is InChI=1S/C11H17N3O2/c1-11(16)4-2-7-14(8-5-11)10(15)9-3-6-12-13-9/h3,6,16H,2,4-5,7-8H2,1H3,(H,12,13). The van der Waals surface area contributed by atoms with Gasteiger partial charge >= 0.3 is 0 Å². The molecular formula is C11H17N3O2. The molecular weight excluding hydrogens is 206 g/mol. The summed E-state index contributed by atoms with van der Waals surface area (Å²) < 4.78 is 0. The van der Waals surface area contributed by atoms with Crippen LogP contribution in [0, 0.1) is 0 Å². The zero-order chi connectivity index (χ0) is 11.6. The van der Waals surface area contributed by atoms with E-state index in [0.717, 1.165) is 12.8 Å². The van der Waals surface area contributed by atoms with E-state index in [1.807, 2.05) is 6.92 Å². The highest BCUT2D eigenvalue weighted by Gasteiger charge is 2.27. The Labute approximate surface area is 94.5 Å². The normalized spacial score (nSPS) is 26.5. The van der Waals surface area contributed by atoms with Crippen molar-refractivity contribution in [1.29, 1.82) is 0 Å². The van der Waals surface area contributed by atoms with Crippen molar-refractivity contribution in [3.8, 4) is 0 Å². The number of aromatic amines is 1. The van der Waals surface area contributed by atoms with E-state index in [1.165, 1.54) is 0 Å². The number of rotatable bonds is 1. The third-order valence-electron chi connectivity index (χ3n) is 3.08. The highest BCUT2D eigenvalue weighted by Crippen LogP contribution is 2.22. The number of amides is 1. The van der Waals surface area contributed by atoms with Gasteiger partial charge in [-0.05, 0) is 32.3 Å². The van der Waals surface area contributed by atoms with Crippen molar-refractivity contribution in [3.63, 3.8) is 0 Å². The zero-order valence-corrected chi connectivity index (χ0v) is 9.44. The van der Waals surface area contributed by atoms with Gasteiger partial charge in [-0.1, -0.05) is 0 Å².